The first-order chi connectivity index (χ1) is 13.5. The largest absolute Gasteiger partial charge is 0.356 e. The molecule has 156 valence electrons. The van der Waals surface area contributed by atoms with Crippen molar-refractivity contribution in [3.8, 4) is 0 Å². The van der Waals surface area contributed by atoms with Crippen molar-refractivity contribution in [2.24, 2.45) is 12.0 Å². The first kappa shape index (κ1) is 23.6. The fraction of sp³-hybridized carbons (Fsp3) is 0.350. The number of nitrogens with zero attached hydrogens (tertiary/aromatic N) is 5. The third kappa shape index (κ3) is 6.97. The zero-order chi connectivity index (χ0) is 19.9. The Kier molecular flexibility index (Phi) is 9.38. The number of hydrogen-bond donors (Lipinski definition) is 1. The normalized spacial score (nSPS) is 11.2. The Labute approximate surface area is 198 Å². The summed E-state index contributed by atoms with van der Waals surface area (Å²) in [6, 6.07) is 12.1. The van der Waals surface area contributed by atoms with Gasteiger partial charge in [-0.3, -0.25) is 0 Å². The van der Waals surface area contributed by atoms with Gasteiger partial charge in [0.15, 0.2) is 11.8 Å². The molecule has 1 N–H and O–H groups in total. The lowest BCUT2D eigenvalue weighted by atomic mass is 10.2. The molecule has 0 radical (unpaired) electrons. The Morgan fingerprint density at radius 3 is 2.76 bits per heavy atom. The van der Waals surface area contributed by atoms with Gasteiger partial charge in [0.25, 0.3) is 0 Å². The predicted molar refractivity (Wildman–Crippen MR) is 131 cm³/mol. The summed E-state index contributed by atoms with van der Waals surface area (Å²) in [6.45, 7) is 3.94. The van der Waals surface area contributed by atoms with Crippen molar-refractivity contribution in [1.82, 2.24) is 25.0 Å². The summed E-state index contributed by atoms with van der Waals surface area (Å²) in [6.07, 6.45) is 0.963. The second kappa shape index (κ2) is 11.5. The Bertz CT molecular complexity index is 925. The number of aryl methyl sites for hydroxylation is 1. The van der Waals surface area contributed by atoms with Crippen molar-refractivity contribution >= 4 is 52.9 Å². The monoisotopic (exact) mass is 544 g/mol. The van der Waals surface area contributed by atoms with E-state index in [1.165, 1.54) is 4.88 Å². The van der Waals surface area contributed by atoms with E-state index in [1.54, 1.807) is 11.3 Å². The van der Waals surface area contributed by atoms with E-state index in [4.69, 9.17) is 16.6 Å². The molecule has 29 heavy (non-hydrogen) atoms. The second-order valence-corrected chi connectivity index (χ2v) is 8.07. The van der Waals surface area contributed by atoms with Crippen molar-refractivity contribution < 1.29 is 0 Å². The third-order valence-corrected chi connectivity index (χ3v) is 5.63. The van der Waals surface area contributed by atoms with Gasteiger partial charge < -0.3 is 14.8 Å². The number of halogens is 2. The van der Waals surface area contributed by atoms with Gasteiger partial charge in [0, 0.05) is 37.1 Å². The Morgan fingerprint density at radius 1 is 1.28 bits per heavy atom. The number of guanidine groups is 1. The molecule has 6 nitrogen and oxygen atoms in total. The summed E-state index contributed by atoms with van der Waals surface area (Å²) in [5, 5.41) is 14.6. The molecule has 9 heteroatoms. The minimum Gasteiger partial charge on any atom is -0.356 e. The van der Waals surface area contributed by atoms with Crippen molar-refractivity contribution in [1.29, 1.82) is 0 Å². The van der Waals surface area contributed by atoms with Crippen LogP contribution in [0.25, 0.3) is 0 Å². The Balaban J connectivity index is 0.00000300. The summed E-state index contributed by atoms with van der Waals surface area (Å²) in [4.78, 5) is 8.24. The van der Waals surface area contributed by atoms with E-state index in [9.17, 15) is 0 Å². The molecule has 1 aromatic carbocycles. The molecule has 0 bridgehead atoms. The molecule has 0 atom stereocenters. The van der Waals surface area contributed by atoms with Gasteiger partial charge in [-0.05, 0) is 42.5 Å². The maximum atomic E-state index is 6.13. The van der Waals surface area contributed by atoms with Gasteiger partial charge in [-0.25, -0.2) is 4.99 Å². The van der Waals surface area contributed by atoms with Crippen molar-refractivity contribution in [3.63, 3.8) is 0 Å². The summed E-state index contributed by atoms with van der Waals surface area (Å²) < 4.78 is 1.96. The van der Waals surface area contributed by atoms with Crippen LogP contribution in [0.15, 0.2) is 46.8 Å². The molecule has 2 heterocycles. The number of hydrogen-bond acceptors (Lipinski definition) is 4. The van der Waals surface area contributed by atoms with Crippen molar-refractivity contribution in [3.05, 3.63) is 68.9 Å². The lowest BCUT2D eigenvalue weighted by Crippen LogP contribution is -2.39. The number of aliphatic imine (C=N–C) groups is 1. The number of aromatic nitrogens is 3. The first-order valence-corrected chi connectivity index (χ1v) is 10.4. The van der Waals surface area contributed by atoms with Crippen LogP contribution in [0.1, 0.15) is 22.1 Å². The van der Waals surface area contributed by atoms with Gasteiger partial charge in [0.05, 0.1) is 0 Å². The average molecular weight is 545 g/mol. The van der Waals surface area contributed by atoms with Gasteiger partial charge >= 0.3 is 0 Å². The summed E-state index contributed by atoms with van der Waals surface area (Å²) in [5.41, 5.74) is 1.14. The molecule has 0 unspecified atom stereocenters. The van der Waals surface area contributed by atoms with Crippen LogP contribution < -0.4 is 5.32 Å². The Hall–Kier alpha value is -1.65. The minimum atomic E-state index is 0. The van der Waals surface area contributed by atoms with Crippen molar-refractivity contribution in [2.45, 2.75) is 26.4 Å². The lowest BCUT2D eigenvalue weighted by Gasteiger charge is -2.22. The van der Waals surface area contributed by atoms with E-state index in [1.807, 2.05) is 43.8 Å². The van der Waals surface area contributed by atoms with Crippen LogP contribution in [0.5, 0.6) is 0 Å². The summed E-state index contributed by atoms with van der Waals surface area (Å²) in [7, 11) is 3.99. The highest BCUT2D eigenvalue weighted by atomic mass is 127. The highest BCUT2D eigenvalue weighted by molar-refractivity contribution is 14.0. The quantitative estimate of drug-likeness (QED) is 0.274. The first-order valence-electron chi connectivity index (χ1n) is 9.14. The number of nitrogens with one attached hydrogen (secondary N) is 1. The topological polar surface area (TPSA) is 58.3 Å². The van der Waals surface area contributed by atoms with Gasteiger partial charge in [-0.1, -0.05) is 29.8 Å². The van der Waals surface area contributed by atoms with E-state index in [-0.39, 0.29) is 24.0 Å². The molecule has 0 amide bonds. The van der Waals surface area contributed by atoms with Crippen LogP contribution in [-0.4, -0.2) is 39.2 Å². The van der Waals surface area contributed by atoms with Crippen LogP contribution in [0.3, 0.4) is 0 Å². The fourth-order valence-corrected chi connectivity index (χ4v) is 3.70. The summed E-state index contributed by atoms with van der Waals surface area (Å²) in [5.74, 6) is 2.55. The Morgan fingerprint density at radius 2 is 2.10 bits per heavy atom. The molecule has 2 aromatic heterocycles. The molecule has 0 fully saturated rings. The third-order valence-electron chi connectivity index (χ3n) is 4.46. The molecule has 3 rings (SSSR count). The maximum Gasteiger partial charge on any atom is 0.194 e. The summed E-state index contributed by atoms with van der Waals surface area (Å²) >= 11 is 7.90. The molecular formula is C20H26ClIN6S. The van der Waals surface area contributed by atoms with E-state index >= 15 is 0 Å². The second-order valence-electron chi connectivity index (χ2n) is 6.60. The van der Waals surface area contributed by atoms with Gasteiger partial charge in [-0.2, -0.15) is 0 Å². The van der Waals surface area contributed by atoms with Crippen LogP contribution >= 0.6 is 46.9 Å². The lowest BCUT2D eigenvalue weighted by molar-refractivity contribution is 0.474. The predicted octanol–water partition coefficient (Wildman–Crippen LogP) is 4.28. The maximum absolute atomic E-state index is 6.13. The van der Waals surface area contributed by atoms with E-state index in [2.05, 4.69) is 44.0 Å². The highest BCUT2D eigenvalue weighted by Gasteiger charge is 2.10. The number of rotatable bonds is 7. The fourth-order valence-electron chi connectivity index (χ4n) is 2.78. The number of benzene rings is 1. The van der Waals surface area contributed by atoms with Crippen LogP contribution in [0.2, 0.25) is 5.02 Å². The van der Waals surface area contributed by atoms with Gasteiger partial charge in [0.2, 0.25) is 0 Å². The zero-order valence-corrected chi connectivity index (χ0v) is 20.7. The van der Waals surface area contributed by atoms with Gasteiger partial charge in [0.1, 0.15) is 12.4 Å². The smallest absolute Gasteiger partial charge is 0.194 e. The molecule has 3 aromatic rings. The number of thiophene rings is 1. The van der Waals surface area contributed by atoms with Crippen LogP contribution in [-0.2, 0) is 26.6 Å². The molecule has 0 spiro atoms. The van der Waals surface area contributed by atoms with E-state index in [0.29, 0.717) is 13.1 Å². The molecule has 0 aliphatic heterocycles. The van der Waals surface area contributed by atoms with E-state index in [0.717, 1.165) is 41.2 Å². The average Bonchev–Trinajstić information content (AvgIpc) is 3.29. The SMILES string of the molecule is Cc1nnc(CN=C(NCCc2cccs2)N(C)Cc2cccc(Cl)c2)n1C.I. The van der Waals surface area contributed by atoms with Gasteiger partial charge in [-0.15, -0.1) is 45.5 Å². The molecule has 0 saturated heterocycles. The molecular weight excluding hydrogens is 519 g/mol. The highest BCUT2D eigenvalue weighted by Crippen LogP contribution is 2.13. The van der Waals surface area contributed by atoms with Crippen LogP contribution in [0.4, 0.5) is 0 Å². The standard InChI is InChI=1S/C20H25ClN6S.HI/c1-15-24-25-19(27(15)3)13-23-20(22-10-9-18-8-5-11-28-18)26(2)14-16-6-4-7-17(21)12-16;/h4-8,11-12H,9-10,13-14H2,1-3H3,(H,22,23);1H. The van der Waals surface area contributed by atoms with E-state index < -0.39 is 0 Å². The van der Waals surface area contributed by atoms with Crippen LogP contribution in [0, 0.1) is 6.92 Å². The molecule has 0 saturated carbocycles. The molecule has 0 aliphatic carbocycles. The molecule has 0 aliphatic rings. The zero-order valence-electron chi connectivity index (χ0n) is 16.8. The van der Waals surface area contributed by atoms with Crippen molar-refractivity contribution in [2.75, 3.05) is 13.6 Å². The minimum absolute atomic E-state index is 0.